The highest BCUT2D eigenvalue weighted by atomic mass is 16.3. The van der Waals surface area contributed by atoms with Gasteiger partial charge in [0, 0.05) is 24.2 Å². The average Bonchev–Trinajstić information content (AvgIpc) is 2.48. The summed E-state index contributed by atoms with van der Waals surface area (Å²) in [6.45, 7) is 4.29. The van der Waals surface area contributed by atoms with Crippen LogP contribution in [0.1, 0.15) is 49.0 Å². The summed E-state index contributed by atoms with van der Waals surface area (Å²) in [4.78, 5) is 23.7. The fraction of sp³-hybridized carbons (Fsp3) is 0.529. The first-order chi connectivity index (χ1) is 10.5. The van der Waals surface area contributed by atoms with Gasteiger partial charge < -0.3 is 15.7 Å². The molecular weight excluding hydrogens is 280 g/mol. The number of amides is 2. The number of nitrogens with one attached hydrogen (secondary N) is 2. The maximum Gasteiger partial charge on any atom is 0.319 e. The van der Waals surface area contributed by atoms with Crippen LogP contribution in [0.3, 0.4) is 0 Å². The summed E-state index contributed by atoms with van der Waals surface area (Å²) in [7, 11) is 0. The number of benzene rings is 1. The number of aryl methyl sites for hydroxylation is 1. The van der Waals surface area contributed by atoms with Gasteiger partial charge in [0.15, 0.2) is 5.78 Å². The first kappa shape index (κ1) is 16.5. The molecule has 0 heterocycles. The van der Waals surface area contributed by atoms with Gasteiger partial charge in [-0.05, 0) is 42.9 Å². The zero-order chi connectivity index (χ0) is 16.1. The Bertz CT molecular complexity index is 555. The molecule has 1 atom stereocenters. The van der Waals surface area contributed by atoms with E-state index in [1.807, 2.05) is 26.0 Å². The van der Waals surface area contributed by atoms with E-state index in [0.717, 1.165) is 24.0 Å². The third kappa shape index (κ3) is 4.31. The fourth-order valence-corrected chi connectivity index (χ4v) is 2.55. The van der Waals surface area contributed by atoms with Crippen LogP contribution in [0.15, 0.2) is 18.2 Å². The van der Waals surface area contributed by atoms with Crippen molar-refractivity contribution >= 4 is 17.5 Å². The molecule has 0 saturated heterocycles. The van der Waals surface area contributed by atoms with E-state index >= 15 is 0 Å². The molecule has 120 valence electrons. The van der Waals surface area contributed by atoms with E-state index in [9.17, 15) is 14.7 Å². The maximum atomic E-state index is 11.9. The molecule has 1 aliphatic carbocycles. The van der Waals surface area contributed by atoms with Gasteiger partial charge in [0.1, 0.15) is 0 Å². The second-order valence-corrected chi connectivity index (χ2v) is 6.13. The molecule has 0 aliphatic heterocycles. The zero-order valence-electron chi connectivity index (χ0n) is 13.2. The molecule has 0 saturated carbocycles. The van der Waals surface area contributed by atoms with Gasteiger partial charge in [-0.2, -0.15) is 0 Å². The second kappa shape index (κ2) is 7.40. The van der Waals surface area contributed by atoms with Crippen LogP contribution in [-0.2, 0) is 6.42 Å². The lowest BCUT2D eigenvalue weighted by atomic mass is 9.90. The number of aliphatic hydroxyl groups is 1. The summed E-state index contributed by atoms with van der Waals surface area (Å²) < 4.78 is 0. The number of anilines is 1. The van der Waals surface area contributed by atoms with Crippen molar-refractivity contribution < 1.29 is 14.7 Å². The first-order valence-corrected chi connectivity index (χ1v) is 7.86. The number of aliphatic hydroxyl groups excluding tert-OH is 1. The Balaban J connectivity index is 1.87. The fourth-order valence-electron chi connectivity index (χ4n) is 2.55. The van der Waals surface area contributed by atoms with Crippen LogP contribution < -0.4 is 10.6 Å². The standard InChI is InChI=1S/C17H24N2O3/c1-11(2)15(20)8-9-18-17(22)19-13-7-6-12-4-3-5-16(21)14(12)10-13/h6-7,10-11,15,20H,3-5,8-9H2,1-2H3,(H2,18,19,22). The monoisotopic (exact) mass is 304 g/mol. The normalized spacial score (nSPS) is 15.4. The molecule has 5 nitrogen and oxygen atoms in total. The van der Waals surface area contributed by atoms with Crippen LogP contribution in [0.4, 0.5) is 10.5 Å². The van der Waals surface area contributed by atoms with Gasteiger partial charge in [0.2, 0.25) is 0 Å². The predicted molar refractivity (Wildman–Crippen MR) is 86.2 cm³/mol. The third-order valence-electron chi connectivity index (χ3n) is 4.01. The number of hydrogen-bond donors (Lipinski definition) is 3. The van der Waals surface area contributed by atoms with Gasteiger partial charge in [-0.1, -0.05) is 19.9 Å². The molecule has 0 fully saturated rings. The maximum absolute atomic E-state index is 11.9. The molecule has 0 bridgehead atoms. The van der Waals surface area contributed by atoms with Crippen molar-refractivity contribution in [2.24, 2.45) is 5.92 Å². The molecule has 1 aromatic rings. The molecule has 3 N–H and O–H groups in total. The van der Waals surface area contributed by atoms with Gasteiger partial charge in [-0.25, -0.2) is 4.79 Å². The van der Waals surface area contributed by atoms with E-state index in [2.05, 4.69) is 10.6 Å². The molecule has 1 aliphatic rings. The minimum absolute atomic E-state index is 0.144. The van der Waals surface area contributed by atoms with Crippen LogP contribution in [0, 0.1) is 5.92 Å². The predicted octanol–water partition coefficient (Wildman–Crippen LogP) is 2.73. The van der Waals surface area contributed by atoms with Crippen LogP contribution >= 0.6 is 0 Å². The Morgan fingerprint density at radius 2 is 2.09 bits per heavy atom. The van der Waals surface area contributed by atoms with Gasteiger partial charge in [0.05, 0.1) is 6.10 Å². The summed E-state index contributed by atoms with van der Waals surface area (Å²) in [6, 6.07) is 5.16. The lowest BCUT2D eigenvalue weighted by Crippen LogP contribution is -2.32. The summed E-state index contributed by atoms with van der Waals surface area (Å²) >= 11 is 0. The molecule has 2 rings (SSSR count). The number of carbonyl (C=O) groups is 2. The SMILES string of the molecule is CC(C)C(O)CCNC(=O)Nc1ccc2c(c1)C(=O)CCC2. The van der Waals surface area contributed by atoms with Crippen LogP contribution in [0.25, 0.3) is 0 Å². The van der Waals surface area contributed by atoms with Crippen molar-refractivity contribution in [1.82, 2.24) is 5.32 Å². The lowest BCUT2D eigenvalue weighted by Gasteiger charge is -2.17. The Morgan fingerprint density at radius 1 is 1.32 bits per heavy atom. The van der Waals surface area contributed by atoms with E-state index in [-0.39, 0.29) is 17.7 Å². The topological polar surface area (TPSA) is 78.4 Å². The number of carbonyl (C=O) groups excluding carboxylic acids is 2. The largest absolute Gasteiger partial charge is 0.393 e. The highest BCUT2D eigenvalue weighted by Gasteiger charge is 2.17. The summed E-state index contributed by atoms with van der Waals surface area (Å²) in [5, 5.41) is 15.1. The van der Waals surface area contributed by atoms with E-state index in [1.54, 1.807) is 6.07 Å². The molecule has 5 heteroatoms. The number of Topliss-reactive ketones (excluding diaryl/α,β-unsaturated/α-hetero) is 1. The third-order valence-corrected chi connectivity index (χ3v) is 4.01. The zero-order valence-corrected chi connectivity index (χ0v) is 13.2. The molecule has 1 aromatic carbocycles. The molecule has 0 radical (unpaired) electrons. The van der Waals surface area contributed by atoms with Crippen LogP contribution in [-0.4, -0.2) is 29.6 Å². The van der Waals surface area contributed by atoms with Gasteiger partial charge in [-0.3, -0.25) is 4.79 Å². The number of hydrogen-bond acceptors (Lipinski definition) is 3. The van der Waals surface area contributed by atoms with Crippen molar-refractivity contribution in [2.75, 3.05) is 11.9 Å². The Hall–Kier alpha value is -1.88. The highest BCUT2D eigenvalue weighted by molar-refractivity contribution is 6.00. The molecule has 22 heavy (non-hydrogen) atoms. The van der Waals surface area contributed by atoms with E-state index in [0.29, 0.717) is 25.1 Å². The summed E-state index contributed by atoms with van der Waals surface area (Å²) in [6.07, 6.45) is 2.50. The quantitative estimate of drug-likeness (QED) is 0.782. The van der Waals surface area contributed by atoms with Crippen LogP contribution in [0.5, 0.6) is 0 Å². The van der Waals surface area contributed by atoms with Crippen molar-refractivity contribution in [1.29, 1.82) is 0 Å². The number of ketones is 1. The van der Waals surface area contributed by atoms with Gasteiger partial charge in [0.25, 0.3) is 0 Å². The lowest BCUT2D eigenvalue weighted by molar-refractivity contribution is 0.0972. The second-order valence-electron chi connectivity index (χ2n) is 6.13. The van der Waals surface area contributed by atoms with E-state index < -0.39 is 6.10 Å². The number of fused-ring (bicyclic) bond motifs is 1. The molecule has 0 aromatic heterocycles. The highest BCUT2D eigenvalue weighted by Crippen LogP contribution is 2.24. The summed E-state index contributed by atoms with van der Waals surface area (Å²) in [5.41, 5.74) is 2.40. The summed E-state index contributed by atoms with van der Waals surface area (Å²) in [5.74, 6) is 0.321. The minimum atomic E-state index is -0.415. The van der Waals surface area contributed by atoms with Crippen molar-refractivity contribution in [3.63, 3.8) is 0 Å². The van der Waals surface area contributed by atoms with Gasteiger partial charge in [-0.15, -0.1) is 0 Å². The van der Waals surface area contributed by atoms with Crippen molar-refractivity contribution in [3.05, 3.63) is 29.3 Å². The molecule has 2 amide bonds. The first-order valence-electron chi connectivity index (χ1n) is 7.86. The Morgan fingerprint density at radius 3 is 2.82 bits per heavy atom. The Kier molecular flexibility index (Phi) is 5.55. The Labute approximate surface area is 131 Å². The van der Waals surface area contributed by atoms with Crippen molar-refractivity contribution in [3.8, 4) is 0 Å². The van der Waals surface area contributed by atoms with Crippen LogP contribution in [0.2, 0.25) is 0 Å². The number of rotatable bonds is 5. The van der Waals surface area contributed by atoms with E-state index in [4.69, 9.17) is 0 Å². The average molecular weight is 304 g/mol. The molecular formula is C17H24N2O3. The molecule has 1 unspecified atom stereocenters. The number of urea groups is 1. The van der Waals surface area contributed by atoms with Crippen molar-refractivity contribution in [2.45, 2.75) is 45.6 Å². The minimum Gasteiger partial charge on any atom is -0.393 e. The smallest absolute Gasteiger partial charge is 0.319 e. The van der Waals surface area contributed by atoms with Gasteiger partial charge >= 0.3 is 6.03 Å². The van der Waals surface area contributed by atoms with E-state index in [1.165, 1.54) is 0 Å². The molecule has 0 spiro atoms.